The largest absolute Gasteiger partial charge is 0.506 e. The van der Waals surface area contributed by atoms with Gasteiger partial charge in [0.1, 0.15) is 5.75 Å². The van der Waals surface area contributed by atoms with Gasteiger partial charge in [-0.25, -0.2) is 0 Å². The summed E-state index contributed by atoms with van der Waals surface area (Å²) in [7, 11) is 0. The Balaban J connectivity index is 1.85. The maximum Gasteiger partial charge on any atom is 0.134 e. The zero-order valence-electron chi connectivity index (χ0n) is 10.7. The minimum atomic E-state index is 0.0912. The van der Waals surface area contributed by atoms with E-state index in [1.54, 1.807) is 24.4 Å². The third-order valence-electron chi connectivity index (χ3n) is 3.20. The van der Waals surface area contributed by atoms with E-state index in [1.807, 2.05) is 24.4 Å². The Morgan fingerprint density at radius 1 is 1.15 bits per heavy atom. The number of aromatic nitrogens is 1. The second kappa shape index (κ2) is 5.39. The molecule has 0 saturated carbocycles. The monoisotopic (exact) mass is 284 g/mol. The number of hydrogen-bond acceptors (Lipinski definition) is 3. The summed E-state index contributed by atoms with van der Waals surface area (Å²) >= 11 is 5.89. The van der Waals surface area contributed by atoms with Crippen LogP contribution < -0.4 is 5.32 Å². The van der Waals surface area contributed by atoms with Crippen molar-refractivity contribution < 1.29 is 5.11 Å². The number of benzene rings is 2. The maximum absolute atomic E-state index is 9.40. The van der Waals surface area contributed by atoms with Crippen LogP contribution in [0.2, 0.25) is 5.02 Å². The standard InChI is InChI=1S/C16H13ClN2O/c17-15-8-13(4-5-16(15)20)19-10-12-3-1-2-11-9-18-7-6-14(11)12/h1-9,19-20H,10H2. The van der Waals surface area contributed by atoms with Crippen LogP contribution in [0.4, 0.5) is 5.69 Å². The number of phenols is 1. The van der Waals surface area contributed by atoms with Gasteiger partial charge in [-0.3, -0.25) is 4.98 Å². The number of aromatic hydroxyl groups is 1. The van der Waals surface area contributed by atoms with Gasteiger partial charge in [-0.05, 0) is 35.2 Å². The molecular weight excluding hydrogens is 272 g/mol. The molecule has 3 nitrogen and oxygen atoms in total. The molecule has 3 aromatic rings. The van der Waals surface area contributed by atoms with Gasteiger partial charge < -0.3 is 10.4 Å². The fraction of sp³-hybridized carbons (Fsp3) is 0.0625. The summed E-state index contributed by atoms with van der Waals surface area (Å²) in [5, 5.41) is 15.4. The molecule has 2 aromatic carbocycles. The molecule has 20 heavy (non-hydrogen) atoms. The van der Waals surface area contributed by atoms with Crippen molar-refractivity contribution in [3.8, 4) is 5.75 Å². The van der Waals surface area contributed by atoms with E-state index in [9.17, 15) is 5.11 Å². The number of phenolic OH excluding ortho intramolecular Hbond substituents is 1. The van der Waals surface area contributed by atoms with Crippen molar-refractivity contribution >= 4 is 28.1 Å². The van der Waals surface area contributed by atoms with E-state index >= 15 is 0 Å². The number of nitrogens with zero attached hydrogens (tertiary/aromatic N) is 1. The lowest BCUT2D eigenvalue weighted by atomic mass is 10.1. The molecule has 4 heteroatoms. The maximum atomic E-state index is 9.40. The molecule has 0 saturated heterocycles. The first kappa shape index (κ1) is 12.8. The summed E-state index contributed by atoms with van der Waals surface area (Å²) in [6.07, 6.45) is 3.65. The highest BCUT2D eigenvalue weighted by molar-refractivity contribution is 6.32. The predicted molar refractivity (Wildman–Crippen MR) is 82.2 cm³/mol. The normalized spacial score (nSPS) is 10.7. The van der Waals surface area contributed by atoms with E-state index in [4.69, 9.17) is 11.6 Å². The third kappa shape index (κ3) is 2.53. The first-order chi connectivity index (χ1) is 9.74. The van der Waals surface area contributed by atoms with Gasteiger partial charge in [0.15, 0.2) is 0 Å². The van der Waals surface area contributed by atoms with Crippen LogP contribution in [-0.2, 0) is 6.54 Å². The summed E-state index contributed by atoms with van der Waals surface area (Å²) in [4.78, 5) is 4.13. The molecular formula is C16H13ClN2O. The fourth-order valence-electron chi connectivity index (χ4n) is 2.16. The van der Waals surface area contributed by atoms with E-state index in [0.29, 0.717) is 11.6 Å². The molecule has 0 radical (unpaired) electrons. The lowest BCUT2D eigenvalue weighted by Gasteiger charge is -2.10. The van der Waals surface area contributed by atoms with Crippen molar-refractivity contribution in [2.24, 2.45) is 0 Å². The van der Waals surface area contributed by atoms with Gasteiger partial charge in [-0.2, -0.15) is 0 Å². The van der Waals surface area contributed by atoms with Crippen molar-refractivity contribution in [1.29, 1.82) is 0 Å². The lowest BCUT2D eigenvalue weighted by molar-refractivity contribution is 0.475. The van der Waals surface area contributed by atoms with Crippen LogP contribution in [-0.4, -0.2) is 10.1 Å². The summed E-state index contributed by atoms with van der Waals surface area (Å²) in [5.41, 5.74) is 2.06. The second-order valence-corrected chi connectivity index (χ2v) is 4.94. The van der Waals surface area contributed by atoms with E-state index in [2.05, 4.69) is 16.4 Å². The highest BCUT2D eigenvalue weighted by atomic mass is 35.5. The van der Waals surface area contributed by atoms with Gasteiger partial charge in [-0.15, -0.1) is 0 Å². The first-order valence-corrected chi connectivity index (χ1v) is 6.66. The molecule has 0 aliphatic rings. The quantitative estimate of drug-likeness (QED) is 0.708. The molecule has 0 aliphatic carbocycles. The Labute approximate surface area is 121 Å². The van der Waals surface area contributed by atoms with Crippen molar-refractivity contribution in [3.05, 3.63) is 65.4 Å². The molecule has 100 valence electrons. The van der Waals surface area contributed by atoms with Crippen LogP contribution >= 0.6 is 11.6 Å². The van der Waals surface area contributed by atoms with Crippen LogP contribution in [0.3, 0.4) is 0 Å². The van der Waals surface area contributed by atoms with Gasteiger partial charge >= 0.3 is 0 Å². The molecule has 2 N–H and O–H groups in total. The Bertz CT molecular complexity index is 753. The van der Waals surface area contributed by atoms with Gasteiger partial charge in [-0.1, -0.05) is 29.8 Å². The number of fused-ring (bicyclic) bond motifs is 1. The highest BCUT2D eigenvalue weighted by Crippen LogP contribution is 2.26. The van der Waals surface area contributed by atoms with Gasteiger partial charge in [0.05, 0.1) is 5.02 Å². The summed E-state index contributed by atoms with van der Waals surface area (Å²) in [5.74, 6) is 0.0912. The van der Waals surface area contributed by atoms with Crippen molar-refractivity contribution in [2.45, 2.75) is 6.54 Å². The summed E-state index contributed by atoms with van der Waals surface area (Å²) < 4.78 is 0. The van der Waals surface area contributed by atoms with Gasteiger partial charge in [0.25, 0.3) is 0 Å². The van der Waals surface area contributed by atoms with Crippen molar-refractivity contribution in [2.75, 3.05) is 5.32 Å². The van der Waals surface area contributed by atoms with Crippen LogP contribution in [0.1, 0.15) is 5.56 Å². The topological polar surface area (TPSA) is 45.1 Å². The zero-order valence-corrected chi connectivity index (χ0v) is 11.4. The average molecular weight is 285 g/mol. The number of rotatable bonds is 3. The van der Waals surface area contributed by atoms with Gasteiger partial charge in [0.2, 0.25) is 0 Å². The molecule has 0 unspecified atom stereocenters. The summed E-state index contributed by atoms with van der Waals surface area (Å²) in [6.45, 7) is 0.683. The summed E-state index contributed by atoms with van der Waals surface area (Å²) in [6, 6.07) is 13.2. The number of anilines is 1. The smallest absolute Gasteiger partial charge is 0.134 e. The van der Waals surface area contributed by atoms with Crippen LogP contribution in [0.15, 0.2) is 54.9 Å². The molecule has 0 aliphatic heterocycles. The minimum Gasteiger partial charge on any atom is -0.506 e. The molecule has 0 atom stereocenters. The molecule has 1 aromatic heterocycles. The van der Waals surface area contributed by atoms with Crippen LogP contribution in [0, 0.1) is 0 Å². The number of hydrogen-bond donors (Lipinski definition) is 2. The number of pyridine rings is 1. The Morgan fingerprint density at radius 3 is 2.90 bits per heavy atom. The lowest BCUT2D eigenvalue weighted by Crippen LogP contribution is -2.00. The fourth-order valence-corrected chi connectivity index (χ4v) is 2.34. The highest BCUT2D eigenvalue weighted by Gasteiger charge is 2.02. The Kier molecular flexibility index (Phi) is 3.44. The first-order valence-electron chi connectivity index (χ1n) is 6.28. The van der Waals surface area contributed by atoms with E-state index in [-0.39, 0.29) is 5.75 Å². The Hall–Kier alpha value is -2.26. The number of nitrogens with one attached hydrogen (secondary N) is 1. The SMILES string of the molecule is Oc1ccc(NCc2cccc3cnccc23)cc1Cl. The van der Waals surface area contributed by atoms with Gasteiger partial charge in [0, 0.05) is 30.0 Å². The van der Waals surface area contributed by atoms with Crippen molar-refractivity contribution in [1.82, 2.24) is 4.98 Å². The molecule has 0 bridgehead atoms. The molecule has 0 amide bonds. The number of halogens is 1. The Morgan fingerprint density at radius 2 is 2.05 bits per heavy atom. The van der Waals surface area contributed by atoms with E-state index in [1.165, 1.54) is 10.9 Å². The zero-order chi connectivity index (χ0) is 13.9. The van der Waals surface area contributed by atoms with E-state index in [0.717, 1.165) is 11.1 Å². The third-order valence-corrected chi connectivity index (χ3v) is 3.50. The minimum absolute atomic E-state index is 0.0912. The average Bonchev–Trinajstić information content (AvgIpc) is 2.48. The molecule has 0 fully saturated rings. The predicted octanol–water partition coefficient (Wildman–Crippen LogP) is 4.21. The van der Waals surface area contributed by atoms with Crippen molar-refractivity contribution in [3.63, 3.8) is 0 Å². The van der Waals surface area contributed by atoms with Crippen LogP contribution in [0.5, 0.6) is 5.75 Å². The molecule has 1 heterocycles. The van der Waals surface area contributed by atoms with E-state index < -0.39 is 0 Å². The second-order valence-electron chi connectivity index (χ2n) is 4.53. The van der Waals surface area contributed by atoms with Crippen LogP contribution in [0.25, 0.3) is 10.8 Å². The molecule has 3 rings (SSSR count). The molecule has 0 spiro atoms.